The number of hydrogen-bond donors (Lipinski definition) is 1. The van der Waals surface area contributed by atoms with Crippen LogP contribution in [0.15, 0.2) is 53.6 Å². The Bertz CT molecular complexity index is 1280. The Labute approximate surface area is 226 Å². The predicted octanol–water partition coefficient (Wildman–Crippen LogP) is 6.26. The number of ether oxygens (including phenoxy) is 1. The molecule has 0 radical (unpaired) electrons. The fraction of sp³-hybridized carbons (Fsp3) is 0.606. The first-order valence-electron chi connectivity index (χ1n) is 14.0. The van der Waals surface area contributed by atoms with Gasteiger partial charge >= 0.3 is 0 Å². The van der Waals surface area contributed by atoms with Gasteiger partial charge in [-0.15, -0.1) is 0 Å². The van der Waals surface area contributed by atoms with Crippen molar-refractivity contribution in [3.8, 4) is 0 Å². The van der Waals surface area contributed by atoms with Crippen molar-refractivity contribution >= 4 is 17.3 Å². The van der Waals surface area contributed by atoms with Crippen molar-refractivity contribution < 1.29 is 24.2 Å². The largest absolute Gasteiger partial charge is 0.364 e. The van der Waals surface area contributed by atoms with Crippen LogP contribution in [0.3, 0.4) is 0 Å². The lowest BCUT2D eigenvalue weighted by molar-refractivity contribution is -0.324. The van der Waals surface area contributed by atoms with E-state index in [1.807, 2.05) is 73.6 Å². The molecule has 0 amide bonds. The maximum absolute atomic E-state index is 15.4. The summed E-state index contributed by atoms with van der Waals surface area (Å²) in [5.74, 6) is -3.84. The highest BCUT2D eigenvalue weighted by molar-refractivity contribution is 6.34. The van der Waals surface area contributed by atoms with Crippen LogP contribution in [0.1, 0.15) is 91.4 Å². The summed E-state index contributed by atoms with van der Waals surface area (Å²) in [5, 5.41) is 12.9. The molecular weight excluding hydrogens is 476 g/mol. The highest BCUT2D eigenvalue weighted by Gasteiger charge is 2.92. The maximum Gasteiger partial charge on any atom is 0.192 e. The second-order valence-electron chi connectivity index (χ2n) is 13.9. The Morgan fingerprint density at radius 3 is 2.11 bits per heavy atom. The molecule has 5 heteroatoms. The lowest BCUT2D eigenvalue weighted by Crippen LogP contribution is -2.80. The normalized spacial score (nSPS) is 39.6. The van der Waals surface area contributed by atoms with Gasteiger partial charge in [0.15, 0.2) is 28.6 Å². The van der Waals surface area contributed by atoms with Crippen molar-refractivity contribution in [3.05, 3.63) is 59.2 Å². The molecule has 5 nitrogen and oxygen atoms in total. The molecule has 4 saturated carbocycles. The molecule has 1 aromatic rings. The molecule has 1 saturated heterocycles. The van der Waals surface area contributed by atoms with Gasteiger partial charge in [0.05, 0.1) is 16.4 Å². The van der Waals surface area contributed by atoms with Crippen LogP contribution in [0.25, 0.3) is 0 Å². The average molecular weight is 519 g/mol. The Kier molecular flexibility index (Phi) is 5.78. The van der Waals surface area contributed by atoms with Crippen molar-refractivity contribution in [1.82, 2.24) is 0 Å². The monoisotopic (exact) mass is 518 g/mol. The molecule has 4 aliphatic carbocycles. The van der Waals surface area contributed by atoms with Crippen LogP contribution in [0.2, 0.25) is 0 Å². The highest BCUT2D eigenvalue weighted by Crippen LogP contribution is 2.80. The standard InChI is InChI=1S/C33H42O5/c1-20(2)14-16-30-19-23-18-24-29(7,8)38-33(30,37)31(24,17-15-21(3)4)27(36)32(26(30)35,28(23,5)6)25(34)22-12-10-9-11-13-22/h9-15,23-24,37H,16-19H2,1-8H3/t23-,24+,30-,31+,32-,33?/m1/s1. The van der Waals surface area contributed by atoms with E-state index in [2.05, 4.69) is 0 Å². The minimum Gasteiger partial charge on any atom is -0.364 e. The summed E-state index contributed by atoms with van der Waals surface area (Å²) in [5.41, 5.74) is -4.16. The van der Waals surface area contributed by atoms with Crippen molar-refractivity contribution in [1.29, 1.82) is 0 Å². The quantitative estimate of drug-likeness (QED) is 0.273. The Hall–Kier alpha value is -2.37. The topological polar surface area (TPSA) is 80.7 Å². The van der Waals surface area contributed by atoms with Crippen LogP contribution in [0.5, 0.6) is 0 Å². The minimum atomic E-state index is -2.02. The van der Waals surface area contributed by atoms with Gasteiger partial charge in [0.1, 0.15) is 0 Å². The van der Waals surface area contributed by atoms with Crippen LogP contribution in [0.4, 0.5) is 0 Å². The molecule has 5 aliphatic rings. The van der Waals surface area contributed by atoms with E-state index in [-0.39, 0.29) is 24.7 Å². The van der Waals surface area contributed by atoms with Crippen LogP contribution in [0, 0.1) is 33.5 Å². The second kappa shape index (κ2) is 8.08. The molecule has 38 heavy (non-hydrogen) atoms. The fourth-order valence-corrected chi connectivity index (χ4v) is 8.84. The SMILES string of the molecule is CC(C)=CC[C@]12C[C@H]3C[C@H]4C(C)(C)OC1(O)[C@]4(CC=C(C)C)C(=O)[C@@](C(=O)c1ccccc1)(C2=O)C3(C)C. The van der Waals surface area contributed by atoms with E-state index in [9.17, 15) is 9.90 Å². The third kappa shape index (κ3) is 2.87. The molecule has 1 aromatic carbocycles. The van der Waals surface area contributed by atoms with Gasteiger partial charge in [-0.2, -0.15) is 0 Å². The van der Waals surface area contributed by atoms with Crippen LogP contribution < -0.4 is 0 Å². The number of rotatable bonds is 6. The second-order valence-corrected chi connectivity index (χ2v) is 13.9. The molecule has 204 valence electrons. The van der Waals surface area contributed by atoms with Crippen molar-refractivity contribution in [2.24, 2.45) is 33.5 Å². The molecule has 6 rings (SSSR count). The zero-order valence-corrected chi connectivity index (χ0v) is 24.1. The number of Topliss-reactive ketones (excluding diaryl/α,β-unsaturated/α-hetero) is 3. The molecular formula is C33H42O5. The van der Waals surface area contributed by atoms with Gasteiger partial charge in [0, 0.05) is 11.5 Å². The third-order valence-electron chi connectivity index (χ3n) is 10.8. The van der Waals surface area contributed by atoms with Gasteiger partial charge in [-0.3, -0.25) is 14.4 Å². The fourth-order valence-electron chi connectivity index (χ4n) is 8.84. The first kappa shape index (κ1) is 27.2. The van der Waals surface area contributed by atoms with Gasteiger partial charge in [-0.1, -0.05) is 67.5 Å². The van der Waals surface area contributed by atoms with Crippen LogP contribution in [-0.2, 0) is 14.3 Å². The Morgan fingerprint density at radius 1 is 0.947 bits per heavy atom. The zero-order chi connectivity index (χ0) is 28.1. The molecule has 0 spiro atoms. The lowest BCUT2D eigenvalue weighted by Gasteiger charge is -2.65. The molecule has 0 aromatic heterocycles. The maximum atomic E-state index is 15.4. The lowest BCUT2D eigenvalue weighted by atomic mass is 9.35. The van der Waals surface area contributed by atoms with Crippen LogP contribution in [-0.4, -0.2) is 33.8 Å². The van der Waals surface area contributed by atoms with E-state index in [4.69, 9.17) is 4.74 Å². The van der Waals surface area contributed by atoms with Gasteiger partial charge in [0.2, 0.25) is 0 Å². The van der Waals surface area contributed by atoms with Gasteiger partial charge in [-0.05, 0) is 78.6 Å². The Balaban J connectivity index is 1.94. The van der Waals surface area contributed by atoms with Crippen molar-refractivity contribution in [3.63, 3.8) is 0 Å². The predicted molar refractivity (Wildman–Crippen MR) is 146 cm³/mol. The molecule has 1 heterocycles. The number of aliphatic hydroxyl groups is 1. The highest BCUT2D eigenvalue weighted by atomic mass is 16.7. The minimum absolute atomic E-state index is 0.127. The molecule has 6 bridgehead atoms. The molecule has 1 unspecified atom stereocenters. The van der Waals surface area contributed by atoms with E-state index >= 15 is 9.59 Å². The summed E-state index contributed by atoms with van der Waals surface area (Å²) >= 11 is 0. The van der Waals surface area contributed by atoms with Crippen molar-refractivity contribution in [2.45, 2.75) is 92.5 Å². The third-order valence-corrected chi connectivity index (χ3v) is 10.8. The summed E-state index contributed by atoms with van der Waals surface area (Å²) in [6.45, 7) is 15.6. The van der Waals surface area contributed by atoms with Crippen molar-refractivity contribution in [2.75, 3.05) is 0 Å². The molecule has 5 fully saturated rings. The number of ketones is 3. The number of allylic oxidation sites excluding steroid dienone is 4. The van der Waals surface area contributed by atoms with Gasteiger partial charge in [0.25, 0.3) is 0 Å². The smallest absolute Gasteiger partial charge is 0.192 e. The number of carbonyl (C=O) groups is 3. The number of hydrogen-bond acceptors (Lipinski definition) is 5. The number of carbonyl (C=O) groups excluding carboxylic acids is 3. The van der Waals surface area contributed by atoms with Crippen LogP contribution >= 0.6 is 0 Å². The molecule has 1 aliphatic heterocycles. The van der Waals surface area contributed by atoms with E-state index in [0.29, 0.717) is 18.4 Å². The first-order valence-corrected chi connectivity index (χ1v) is 14.0. The zero-order valence-electron chi connectivity index (χ0n) is 24.1. The van der Waals surface area contributed by atoms with E-state index in [0.717, 1.165) is 11.1 Å². The Morgan fingerprint density at radius 2 is 1.53 bits per heavy atom. The summed E-state index contributed by atoms with van der Waals surface area (Å²) in [4.78, 5) is 45.3. The van der Waals surface area contributed by atoms with E-state index in [1.54, 1.807) is 24.3 Å². The van der Waals surface area contributed by atoms with E-state index in [1.165, 1.54) is 0 Å². The van der Waals surface area contributed by atoms with Gasteiger partial charge < -0.3 is 9.84 Å². The summed E-state index contributed by atoms with van der Waals surface area (Å²) < 4.78 is 6.63. The first-order chi connectivity index (χ1) is 17.6. The average Bonchev–Trinajstić information content (AvgIpc) is 2.92. The van der Waals surface area contributed by atoms with Gasteiger partial charge in [-0.25, -0.2) is 0 Å². The summed E-state index contributed by atoms with van der Waals surface area (Å²) in [6, 6.07) is 8.76. The molecule has 6 atom stereocenters. The summed E-state index contributed by atoms with van der Waals surface area (Å²) in [7, 11) is 0. The summed E-state index contributed by atoms with van der Waals surface area (Å²) in [6.07, 6.45) is 5.42. The number of benzene rings is 1. The molecule has 1 N–H and O–H groups in total. The van der Waals surface area contributed by atoms with E-state index < -0.39 is 50.4 Å².